The van der Waals surface area contributed by atoms with Crippen molar-refractivity contribution in [1.29, 1.82) is 0 Å². The van der Waals surface area contributed by atoms with Gasteiger partial charge in [0.2, 0.25) is 0 Å². The van der Waals surface area contributed by atoms with Crippen LogP contribution in [-0.2, 0) is 0 Å². The number of ether oxygens (including phenoxy) is 1. The Bertz CT molecular complexity index is 474. The van der Waals surface area contributed by atoms with Gasteiger partial charge in [0.05, 0.1) is 0 Å². The monoisotopic (exact) mass is 302 g/mol. The predicted octanol–water partition coefficient (Wildman–Crippen LogP) is 3.15. The highest BCUT2D eigenvalue weighted by atomic mass is 16.5. The first kappa shape index (κ1) is 15.8. The van der Waals surface area contributed by atoms with Crippen LogP contribution in [0.15, 0.2) is 18.2 Å². The maximum atomic E-state index is 6.19. The van der Waals surface area contributed by atoms with Crippen LogP contribution in [-0.4, -0.2) is 43.7 Å². The zero-order valence-electron chi connectivity index (χ0n) is 14.1. The van der Waals surface area contributed by atoms with Crippen LogP contribution in [0.4, 0.5) is 0 Å². The number of hydrogen-bond donors (Lipinski definition) is 1. The fourth-order valence-electron chi connectivity index (χ4n) is 3.63. The third kappa shape index (κ3) is 4.23. The number of likely N-dealkylation sites (tertiary alicyclic amines) is 1. The van der Waals surface area contributed by atoms with Crippen molar-refractivity contribution in [1.82, 2.24) is 10.2 Å². The second kappa shape index (κ2) is 7.47. The highest BCUT2D eigenvalue weighted by Crippen LogP contribution is 2.22. The lowest BCUT2D eigenvalue weighted by Crippen LogP contribution is -2.43. The molecule has 2 saturated heterocycles. The molecule has 3 heteroatoms. The lowest BCUT2D eigenvalue weighted by Gasteiger charge is -2.35. The maximum absolute atomic E-state index is 6.19. The second-order valence-electron chi connectivity index (χ2n) is 7.08. The van der Waals surface area contributed by atoms with Crippen molar-refractivity contribution in [2.45, 2.75) is 45.6 Å². The van der Waals surface area contributed by atoms with Gasteiger partial charge in [-0.1, -0.05) is 6.07 Å². The van der Waals surface area contributed by atoms with Crippen LogP contribution < -0.4 is 10.1 Å². The van der Waals surface area contributed by atoms with Crippen molar-refractivity contribution < 1.29 is 4.74 Å². The van der Waals surface area contributed by atoms with Crippen molar-refractivity contribution in [3.05, 3.63) is 29.3 Å². The largest absolute Gasteiger partial charge is 0.490 e. The molecule has 1 aromatic rings. The Kier molecular flexibility index (Phi) is 5.37. The molecule has 3 rings (SSSR count). The lowest BCUT2D eigenvalue weighted by molar-refractivity contribution is 0.0879. The standard InChI is InChI=1S/C19H30N2O/c1-15-5-6-19(12-16(15)2)22-18-7-10-21(11-8-18)14-17-4-3-9-20-13-17/h5-6,12,17-18,20H,3-4,7-11,13-14H2,1-2H3. The van der Waals surface area contributed by atoms with Gasteiger partial charge in [0.25, 0.3) is 0 Å². The molecule has 0 bridgehead atoms. The minimum absolute atomic E-state index is 0.392. The summed E-state index contributed by atoms with van der Waals surface area (Å²) in [5.41, 5.74) is 2.66. The van der Waals surface area contributed by atoms with E-state index in [1.807, 2.05) is 0 Å². The van der Waals surface area contributed by atoms with E-state index < -0.39 is 0 Å². The van der Waals surface area contributed by atoms with Gasteiger partial charge in [-0.15, -0.1) is 0 Å². The van der Waals surface area contributed by atoms with E-state index in [2.05, 4.69) is 42.3 Å². The van der Waals surface area contributed by atoms with E-state index in [1.54, 1.807) is 0 Å². The molecule has 0 saturated carbocycles. The van der Waals surface area contributed by atoms with E-state index in [-0.39, 0.29) is 0 Å². The van der Waals surface area contributed by atoms with Crippen LogP contribution in [0.1, 0.15) is 36.8 Å². The molecule has 22 heavy (non-hydrogen) atoms. The molecule has 3 nitrogen and oxygen atoms in total. The molecule has 1 N–H and O–H groups in total. The first-order chi connectivity index (χ1) is 10.7. The average molecular weight is 302 g/mol. The van der Waals surface area contributed by atoms with Crippen LogP contribution in [0, 0.1) is 19.8 Å². The normalized spacial score (nSPS) is 24.4. The third-order valence-electron chi connectivity index (χ3n) is 5.23. The quantitative estimate of drug-likeness (QED) is 0.925. The zero-order chi connectivity index (χ0) is 15.4. The van der Waals surface area contributed by atoms with Gasteiger partial charge in [-0.25, -0.2) is 0 Å². The molecule has 0 aromatic heterocycles. The topological polar surface area (TPSA) is 24.5 Å². The van der Waals surface area contributed by atoms with Gasteiger partial charge in [-0.2, -0.15) is 0 Å². The van der Waals surface area contributed by atoms with E-state index in [0.29, 0.717) is 6.10 Å². The molecular weight excluding hydrogens is 272 g/mol. The van der Waals surface area contributed by atoms with Gasteiger partial charge in [0.1, 0.15) is 11.9 Å². The van der Waals surface area contributed by atoms with E-state index in [4.69, 9.17) is 4.74 Å². The average Bonchev–Trinajstić information content (AvgIpc) is 2.54. The van der Waals surface area contributed by atoms with Crippen molar-refractivity contribution in [2.24, 2.45) is 5.92 Å². The molecule has 1 unspecified atom stereocenters. The summed E-state index contributed by atoms with van der Waals surface area (Å²) in [6, 6.07) is 6.45. The summed E-state index contributed by atoms with van der Waals surface area (Å²) in [7, 11) is 0. The molecule has 0 radical (unpaired) electrons. The van der Waals surface area contributed by atoms with Crippen LogP contribution in [0.3, 0.4) is 0 Å². The summed E-state index contributed by atoms with van der Waals surface area (Å²) in [4.78, 5) is 2.64. The number of piperidine rings is 2. The molecule has 0 amide bonds. The zero-order valence-corrected chi connectivity index (χ0v) is 14.1. The van der Waals surface area contributed by atoms with Crippen molar-refractivity contribution >= 4 is 0 Å². The molecule has 122 valence electrons. The summed E-state index contributed by atoms with van der Waals surface area (Å²) >= 11 is 0. The van der Waals surface area contributed by atoms with E-state index in [0.717, 1.165) is 24.5 Å². The Morgan fingerprint density at radius 1 is 1.14 bits per heavy atom. The summed E-state index contributed by atoms with van der Waals surface area (Å²) in [6.07, 6.45) is 5.45. The van der Waals surface area contributed by atoms with Crippen LogP contribution >= 0.6 is 0 Å². The fourth-order valence-corrected chi connectivity index (χ4v) is 3.63. The summed E-state index contributed by atoms with van der Waals surface area (Å²) in [5, 5.41) is 3.52. The number of benzene rings is 1. The van der Waals surface area contributed by atoms with Crippen LogP contribution in [0.2, 0.25) is 0 Å². The van der Waals surface area contributed by atoms with Gasteiger partial charge in [-0.3, -0.25) is 0 Å². The Morgan fingerprint density at radius 3 is 2.64 bits per heavy atom. The van der Waals surface area contributed by atoms with Gasteiger partial charge in [0.15, 0.2) is 0 Å². The molecular formula is C19H30N2O. The van der Waals surface area contributed by atoms with E-state index in [9.17, 15) is 0 Å². The molecule has 1 atom stereocenters. The Morgan fingerprint density at radius 2 is 1.95 bits per heavy atom. The first-order valence-electron chi connectivity index (χ1n) is 8.87. The van der Waals surface area contributed by atoms with Crippen LogP contribution in [0.25, 0.3) is 0 Å². The molecule has 0 aliphatic carbocycles. The lowest BCUT2D eigenvalue weighted by atomic mass is 9.97. The van der Waals surface area contributed by atoms with Crippen molar-refractivity contribution in [3.63, 3.8) is 0 Å². The van der Waals surface area contributed by atoms with Crippen molar-refractivity contribution in [3.8, 4) is 5.75 Å². The summed E-state index contributed by atoms with van der Waals surface area (Å²) in [6.45, 7) is 10.4. The highest BCUT2D eigenvalue weighted by Gasteiger charge is 2.23. The number of nitrogens with one attached hydrogen (secondary N) is 1. The Balaban J connectivity index is 1.44. The minimum Gasteiger partial charge on any atom is -0.490 e. The second-order valence-corrected chi connectivity index (χ2v) is 7.08. The summed E-state index contributed by atoms with van der Waals surface area (Å²) in [5.74, 6) is 1.89. The Hall–Kier alpha value is -1.06. The molecule has 0 spiro atoms. The van der Waals surface area contributed by atoms with Gasteiger partial charge < -0.3 is 15.0 Å². The van der Waals surface area contributed by atoms with Gasteiger partial charge in [-0.05, 0) is 81.8 Å². The number of aryl methyl sites for hydroxylation is 2. The molecule has 2 heterocycles. The van der Waals surface area contributed by atoms with Crippen molar-refractivity contribution in [2.75, 3.05) is 32.7 Å². The molecule has 1 aromatic carbocycles. The third-order valence-corrected chi connectivity index (χ3v) is 5.23. The van der Waals surface area contributed by atoms with Gasteiger partial charge in [0, 0.05) is 19.6 Å². The predicted molar refractivity (Wildman–Crippen MR) is 91.6 cm³/mol. The van der Waals surface area contributed by atoms with Crippen LogP contribution in [0.5, 0.6) is 5.75 Å². The molecule has 2 aliphatic heterocycles. The van der Waals surface area contributed by atoms with E-state index in [1.165, 1.54) is 56.7 Å². The molecule has 2 aliphatic rings. The van der Waals surface area contributed by atoms with E-state index >= 15 is 0 Å². The molecule has 2 fully saturated rings. The fraction of sp³-hybridized carbons (Fsp3) is 0.684. The highest BCUT2D eigenvalue weighted by molar-refractivity contribution is 5.33. The number of hydrogen-bond acceptors (Lipinski definition) is 3. The maximum Gasteiger partial charge on any atom is 0.120 e. The number of nitrogens with zero attached hydrogens (tertiary/aromatic N) is 1. The minimum atomic E-state index is 0.392. The first-order valence-corrected chi connectivity index (χ1v) is 8.87. The summed E-state index contributed by atoms with van der Waals surface area (Å²) < 4.78 is 6.19. The number of rotatable bonds is 4. The Labute approximate surface area is 135 Å². The van der Waals surface area contributed by atoms with Gasteiger partial charge >= 0.3 is 0 Å². The smallest absolute Gasteiger partial charge is 0.120 e. The SMILES string of the molecule is Cc1ccc(OC2CCN(CC3CCCNC3)CC2)cc1C.